The Bertz CT molecular complexity index is 514. The molecule has 1 aromatic heterocycles. The van der Waals surface area contributed by atoms with Crippen LogP contribution in [-0.2, 0) is 9.59 Å². The smallest absolute Gasteiger partial charge is 0.326 e. The molecule has 20 heavy (non-hydrogen) atoms. The fourth-order valence-electron chi connectivity index (χ4n) is 1.53. The lowest BCUT2D eigenvalue weighted by atomic mass is 10.2. The van der Waals surface area contributed by atoms with Gasteiger partial charge in [0.2, 0.25) is 0 Å². The minimum absolute atomic E-state index is 0.284. The first-order valence-corrected chi connectivity index (χ1v) is 6.69. The summed E-state index contributed by atoms with van der Waals surface area (Å²) < 4.78 is 0. The van der Waals surface area contributed by atoms with Gasteiger partial charge in [-0.05, 0) is 26.0 Å². The topological polar surface area (TPSA) is 116 Å². The Morgan fingerprint density at radius 1 is 1.25 bits per heavy atom. The number of urea groups is 1. The van der Waals surface area contributed by atoms with Crippen LogP contribution in [0.15, 0.2) is 12.1 Å². The fraction of sp³-hybridized carbons (Fsp3) is 0.417. The maximum absolute atomic E-state index is 11.7. The van der Waals surface area contributed by atoms with Gasteiger partial charge in [0.1, 0.15) is 6.04 Å². The molecule has 2 atom stereocenters. The molecule has 2 amide bonds. The first-order valence-electron chi connectivity index (χ1n) is 5.87. The van der Waals surface area contributed by atoms with Gasteiger partial charge in [-0.2, -0.15) is 0 Å². The molecule has 0 saturated carbocycles. The first kappa shape index (κ1) is 16.0. The molecule has 0 saturated heterocycles. The van der Waals surface area contributed by atoms with E-state index in [-0.39, 0.29) is 6.04 Å². The van der Waals surface area contributed by atoms with Gasteiger partial charge in [0.25, 0.3) is 0 Å². The molecule has 8 heteroatoms. The summed E-state index contributed by atoms with van der Waals surface area (Å²) in [4.78, 5) is 35.0. The van der Waals surface area contributed by atoms with Crippen molar-refractivity contribution in [3.63, 3.8) is 0 Å². The average Bonchev–Trinajstić information content (AvgIpc) is 2.74. The van der Waals surface area contributed by atoms with Crippen LogP contribution in [0.5, 0.6) is 0 Å². The first-order chi connectivity index (χ1) is 9.29. The van der Waals surface area contributed by atoms with E-state index in [1.165, 1.54) is 11.3 Å². The highest BCUT2D eigenvalue weighted by Crippen LogP contribution is 2.22. The molecule has 0 aromatic carbocycles. The number of carbonyl (C=O) groups is 3. The molecular formula is C12H16N2O5S. The van der Waals surface area contributed by atoms with Crippen LogP contribution in [0.25, 0.3) is 0 Å². The molecule has 1 heterocycles. The van der Waals surface area contributed by atoms with Crippen molar-refractivity contribution < 1.29 is 24.6 Å². The zero-order valence-corrected chi connectivity index (χ0v) is 11.9. The molecule has 0 bridgehead atoms. The Labute approximate surface area is 119 Å². The predicted molar refractivity (Wildman–Crippen MR) is 72.8 cm³/mol. The number of aryl methyl sites for hydroxylation is 1. The van der Waals surface area contributed by atoms with Gasteiger partial charge in [0.15, 0.2) is 0 Å². The van der Waals surface area contributed by atoms with Crippen LogP contribution >= 0.6 is 11.3 Å². The van der Waals surface area contributed by atoms with Gasteiger partial charge in [0, 0.05) is 9.75 Å². The molecule has 7 nitrogen and oxygen atoms in total. The van der Waals surface area contributed by atoms with Crippen molar-refractivity contribution >= 4 is 29.3 Å². The number of carbonyl (C=O) groups excluding carboxylic acids is 1. The van der Waals surface area contributed by atoms with Crippen LogP contribution < -0.4 is 10.6 Å². The Morgan fingerprint density at radius 2 is 1.90 bits per heavy atom. The van der Waals surface area contributed by atoms with E-state index in [9.17, 15) is 14.4 Å². The molecule has 1 rings (SSSR count). The van der Waals surface area contributed by atoms with Gasteiger partial charge in [-0.1, -0.05) is 0 Å². The second-order valence-corrected chi connectivity index (χ2v) is 5.60. The van der Waals surface area contributed by atoms with Crippen molar-refractivity contribution in [2.75, 3.05) is 0 Å². The lowest BCUT2D eigenvalue weighted by molar-refractivity contribution is -0.145. The number of carboxylic acids is 2. The minimum atomic E-state index is -1.45. The maximum atomic E-state index is 11.7. The van der Waals surface area contributed by atoms with Gasteiger partial charge in [-0.15, -0.1) is 11.3 Å². The maximum Gasteiger partial charge on any atom is 0.326 e. The standard InChI is InChI=1S/C12H16N2O5S/c1-6-3-4-9(20-6)7(2)13-12(19)14-8(11(17)18)5-10(15)16/h3-4,7-8H,5H2,1-2H3,(H,15,16)(H,17,18)(H2,13,14,19)/t7?,8-/m0/s1. The fourth-order valence-corrected chi connectivity index (χ4v) is 2.41. The number of carboxylic acid groups (broad SMARTS) is 2. The lowest BCUT2D eigenvalue weighted by Gasteiger charge is -2.16. The van der Waals surface area contributed by atoms with Crippen molar-refractivity contribution in [1.82, 2.24) is 10.6 Å². The summed E-state index contributed by atoms with van der Waals surface area (Å²) in [6.45, 7) is 3.70. The van der Waals surface area contributed by atoms with Crippen molar-refractivity contribution in [3.05, 3.63) is 21.9 Å². The number of hydrogen-bond donors (Lipinski definition) is 4. The van der Waals surface area contributed by atoms with Gasteiger partial charge < -0.3 is 20.8 Å². The number of rotatable bonds is 6. The summed E-state index contributed by atoms with van der Waals surface area (Å²) in [5.41, 5.74) is 0. The highest BCUT2D eigenvalue weighted by molar-refractivity contribution is 7.12. The summed E-state index contributed by atoms with van der Waals surface area (Å²) in [5.74, 6) is -2.68. The zero-order valence-electron chi connectivity index (χ0n) is 11.0. The van der Waals surface area contributed by atoms with Crippen molar-refractivity contribution in [2.45, 2.75) is 32.4 Å². The Kier molecular flexibility index (Phi) is 5.51. The molecule has 0 aliphatic carbocycles. The van der Waals surface area contributed by atoms with E-state index >= 15 is 0 Å². The average molecular weight is 300 g/mol. The number of nitrogens with one attached hydrogen (secondary N) is 2. The van der Waals surface area contributed by atoms with Crippen molar-refractivity contribution in [2.24, 2.45) is 0 Å². The van der Waals surface area contributed by atoms with Crippen LogP contribution in [0.4, 0.5) is 4.79 Å². The number of amides is 2. The van der Waals surface area contributed by atoms with E-state index in [2.05, 4.69) is 10.6 Å². The monoisotopic (exact) mass is 300 g/mol. The van der Waals surface area contributed by atoms with Gasteiger partial charge in [0.05, 0.1) is 12.5 Å². The largest absolute Gasteiger partial charge is 0.481 e. The summed E-state index contributed by atoms with van der Waals surface area (Å²) in [6, 6.07) is 1.34. The van der Waals surface area contributed by atoms with Crippen LogP contribution in [0.2, 0.25) is 0 Å². The molecule has 0 radical (unpaired) electrons. The Morgan fingerprint density at radius 3 is 2.35 bits per heavy atom. The normalized spacial score (nSPS) is 13.3. The molecule has 0 fully saturated rings. The van der Waals surface area contributed by atoms with E-state index in [0.717, 1.165) is 9.75 Å². The van der Waals surface area contributed by atoms with Gasteiger partial charge in [-0.3, -0.25) is 4.79 Å². The van der Waals surface area contributed by atoms with E-state index in [0.29, 0.717) is 0 Å². The minimum Gasteiger partial charge on any atom is -0.481 e. The Balaban J connectivity index is 2.57. The molecule has 4 N–H and O–H groups in total. The third-order valence-corrected chi connectivity index (χ3v) is 3.70. The predicted octanol–water partition coefficient (Wildman–Crippen LogP) is 1.34. The molecular weight excluding hydrogens is 284 g/mol. The van der Waals surface area contributed by atoms with Crippen LogP contribution in [0.3, 0.4) is 0 Å². The number of thiophene rings is 1. The summed E-state index contributed by atoms with van der Waals surface area (Å²) >= 11 is 1.52. The SMILES string of the molecule is Cc1ccc(C(C)NC(=O)N[C@@H](CC(=O)O)C(=O)O)s1. The highest BCUT2D eigenvalue weighted by Gasteiger charge is 2.23. The van der Waals surface area contributed by atoms with E-state index in [4.69, 9.17) is 10.2 Å². The molecule has 0 aliphatic rings. The molecule has 1 unspecified atom stereocenters. The molecule has 0 aliphatic heterocycles. The van der Waals surface area contributed by atoms with Crippen molar-refractivity contribution in [1.29, 1.82) is 0 Å². The van der Waals surface area contributed by atoms with Crippen LogP contribution in [-0.4, -0.2) is 34.2 Å². The molecule has 1 aromatic rings. The summed E-state index contributed by atoms with van der Waals surface area (Å²) in [6.07, 6.45) is -0.671. The summed E-state index contributed by atoms with van der Waals surface area (Å²) in [7, 11) is 0. The third-order valence-electron chi connectivity index (χ3n) is 2.52. The van der Waals surface area contributed by atoms with Crippen LogP contribution in [0.1, 0.15) is 29.1 Å². The zero-order chi connectivity index (χ0) is 15.3. The highest BCUT2D eigenvalue weighted by atomic mass is 32.1. The second-order valence-electron chi connectivity index (χ2n) is 4.28. The van der Waals surface area contributed by atoms with Gasteiger partial charge in [-0.25, -0.2) is 9.59 Å². The summed E-state index contributed by atoms with van der Waals surface area (Å²) in [5, 5.41) is 22.1. The van der Waals surface area contributed by atoms with Crippen molar-refractivity contribution in [3.8, 4) is 0 Å². The molecule has 110 valence electrons. The van der Waals surface area contributed by atoms with E-state index in [1.54, 1.807) is 6.92 Å². The van der Waals surface area contributed by atoms with E-state index < -0.39 is 30.4 Å². The molecule has 0 spiro atoms. The third kappa shape index (κ3) is 4.88. The Hall–Kier alpha value is -2.09. The number of hydrogen-bond acceptors (Lipinski definition) is 4. The quantitative estimate of drug-likeness (QED) is 0.633. The lowest BCUT2D eigenvalue weighted by Crippen LogP contribution is -2.47. The second kappa shape index (κ2) is 6.90. The number of aliphatic carboxylic acids is 2. The van der Waals surface area contributed by atoms with E-state index in [1.807, 2.05) is 19.1 Å². The van der Waals surface area contributed by atoms with Crippen LogP contribution in [0, 0.1) is 6.92 Å². The van der Waals surface area contributed by atoms with Gasteiger partial charge >= 0.3 is 18.0 Å².